The molecule has 0 atom stereocenters. The lowest BCUT2D eigenvalue weighted by atomic mass is 10.1. The second-order valence-corrected chi connectivity index (χ2v) is 6.34. The fourth-order valence-electron chi connectivity index (χ4n) is 2.58. The van der Waals surface area contributed by atoms with Crippen molar-refractivity contribution < 1.29 is 14.7 Å². The number of rotatable bonds is 5. The monoisotopic (exact) mass is 353 g/mol. The normalized spacial score (nSPS) is 10.8. The predicted molar refractivity (Wildman–Crippen MR) is 102 cm³/mol. The van der Waals surface area contributed by atoms with Gasteiger partial charge in [-0.3, -0.25) is 9.59 Å². The standard InChI is InChI=1S/C20H23N3O3/c1-12-5-6-17(13(2)7-12)22-18(24)10-19(25)23-21-11-16-8-14(3)20(26)15(4)9-16/h5-9,11,26H,10H2,1-4H3,(H,22,24)(H,23,25)/b21-11+. The van der Waals surface area contributed by atoms with E-state index < -0.39 is 11.8 Å². The van der Waals surface area contributed by atoms with Gasteiger partial charge in [-0.25, -0.2) is 5.43 Å². The van der Waals surface area contributed by atoms with Crippen molar-refractivity contribution in [2.45, 2.75) is 34.1 Å². The van der Waals surface area contributed by atoms with E-state index in [1.807, 2.05) is 32.0 Å². The van der Waals surface area contributed by atoms with Crippen molar-refractivity contribution >= 4 is 23.7 Å². The number of benzene rings is 2. The zero-order chi connectivity index (χ0) is 19.3. The first-order valence-corrected chi connectivity index (χ1v) is 8.25. The number of aromatic hydroxyl groups is 1. The van der Waals surface area contributed by atoms with E-state index in [9.17, 15) is 14.7 Å². The summed E-state index contributed by atoms with van der Waals surface area (Å²) in [6.45, 7) is 7.45. The van der Waals surface area contributed by atoms with Gasteiger partial charge in [0.2, 0.25) is 11.8 Å². The number of carbonyl (C=O) groups excluding carboxylic acids is 2. The van der Waals surface area contributed by atoms with Crippen molar-refractivity contribution in [3.05, 3.63) is 58.1 Å². The van der Waals surface area contributed by atoms with Crippen molar-refractivity contribution in [1.82, 2.24) is 5.43 Å². The number of nitrogens with one attached hydrogen (secondary N) is 2. The number of phenols is 1. The Morgan fingerprint density at radius 1 is 1.00 bits per heavy atom. The van der Waals surface area contributed by atoms with Gasteiger partial charge in [-0.1, -0.05) is 17.7 Å². The van der Waals surface area contributed by atoms with Crippen LogP contribution in [0.4, 0.5) is 5.69 Å². The zero-order valence-corrected chi connectivity index (χ0v) is 15.4. The summed E-state index contributed by atoms with van der Waals surface area (Å²) in [6.07, 6.45) is 1.15. The van der Waals surface area contributed by atoms with Crippen LogP contribution in [0.15, 0.2) is 35.4 Å². The van der Waals surface area contributed by atoms with Gasteiger partial charge in [-0.05, 0) is 68.1 Å². The highest BCUT2D eigenvalue weighted by Gasteiger charge is 2.10. The number of anilines is 1. The highest BCUT2D eigenvalue weighted by Crippen LogP contribution is 2.22. The van der Waals surface area contributed by atoms with Crippen molar-refractivity contribution in [3.63, 3.8) is 0 Å². The van der Waals surface area contributed by atoms with E-state index in [1.54, 1.807) is 26.0 Å². The molecule has 3 N–H and O–H groups in total. The lowest BCUT2D eigenvalue weighted by molar-refractivity contribution is -0.126. The zero-order valence-electron chi connectivity index (χ0n) is 15.4. The third-order valence-corrected chi connectivity index (χ3v) is 3.89. The van der Waals surface area contributed by atoms with Crippen LogP contribution >= 0.6 is 0 Å². The van der Waals surface area contributed by atoms with Gasteiger partial charge in [0.25, 0.3) is 0 Å². The summed E-state index contributed by atoms with van der Waals surface area (Å²) in [5.74, 6) is -0.661. The van der Waals surface area contributed by atoms with Crippen LogP contribution in [0.2, 0.25) is 0 Å². The van der Waals surface area contributed by atoms with Gasteiger partial charge in [0.05, 0.1) is 6.21 Å². The topological polar surface area (TPSA) is 90.8 Å². The summed E-state index contributed by atoms with van der Waals surface area (Å²) in [6, 6.07) is 9.18. The van der Waals surface area contributed by atoms with Crippen molar-refractivity contribution in [2.24, 2.45) is 5.10 Å². The molecule has 0 saturated heterocycles. The molecule has 6 nitrogen and oxygen atoms in total. The van der Waals surface area contributed by atoms with Crippen LogP contribution in [0.3, 0.4) is 0 Å². The average molecular weight is 353 g/mol. The summed E-state index contributed by atoms with van der Waals surface area (Å²) < 4.78 is 0. The molecule has 26 heavy (non-hydrogen) atoms. The molecule has 0 bridgehead atoms. The Bertz CT molecular complexity index is 850. The summed E-state index contributed by atoms with van der Waals surface area (Å²) in [7, 11) is 0. The lowest BCUT2D eigenvalue weighted by Crippen LogP contribution is -2.24. The molecule has 6 heteroatoms. The van der Waals surface area contributed by atoms with Crippen LogP contribution in [0, 0.1) is 27.7 Å². The number of hydrazone groups is 1. The maximum atomic E-state index is 12.0. The van der Waals surface area contributed by atoms with E-state index in [4.69, 9.17) is 0 Å². The Labute approximate surface area is 152 Å². The summed E-state index contributed by atoms with van der Waals surface area (Å²) >= 11 is 0. The second-order valence-electron chi connectivity index (χ2n) is 6.34. The molecule has 2 aromatic carbocycles. The number of carbonyl (C=O) groups is 2. The molecule has 0 heterocycles. The predicted octanol–water partition coefficient (Wildman–Crippen LogP) is 3.10. The van der Waals surface area contributed by atoms with Crippen molar-refractivity contribution in [1.29, 1.82) is 0 Å². The van der Waals surface area contributed by atoms with Gasteiger partial charge in [-0.2, -0.15) is 5.10 Å². The van der Waals surface area contributed by atoms with Gasteiger partial charge >= 0.3 is 0 Å². The molecule has 0 fully saturated rings. The molecule has 2 aromatic rings. The molecule has 0 spiro atoms. The van der Waals surface area contributed by atoms with E-state index in [-0.39, 0.29) is 12.2 Å². The van der Waals surface area contributed by atoms with E-state index in [0.717, 1.165) is 27.8 Å². The van der Waals surface area contributed by atoms with Crippen molar-refractivity contribution in [3.8, 4) is 5.75 Å². The second kappa shape index (κ2) is 8.29. The first-order valence-electron chi connectivity index (χ1n) is 8.25. The van der Waals surface area contributed by atoms with Gasteiger partial charge in [0, 0.05) is 5.69 Å². The molecule has 0 aliphatic rings. The Kier molecular flexibility index (Phi) is 6.11. The van der Waals surface area contributed by atoms with E-state index in [1.165, 1.54) is 6.21 Å². The van der Waals surface area contributed by atoms with Crippen LogP contribution in [0.25, 0.3) is 0 Å². The molecule has 2 rings (SSSR count). The molecule has 136 valence electrons. The Morgan fingerprint density at radius 3 is 2.27 bits per heavy atom. The summed E-state index contributed by atoms with van der Waals surface area (Å²) in [5, 5.41) is 16.3. The molecule has 2 amide bonds. The number of phenolic OH excluding ortho intramolecular Hbond substituents is 1. The average Bonchev–Trinajstić information content (AvgIpc) is 2.55. The largest absolute Gasteiger partial charge is 0.507 e. The first kappa shape index (κ1) is 19.2. The molecule has 0 aliphatic heterocycles. The minimum Gasteiger partial charge on any atom is -0.507 e. The SMILES string of the molecule is Cc1ccc(NC(=O)CC(=O)N/N=C/c2cc(C)c(O)c(C)c2)c(C)c1. The van der Waals surface area contributed by atoms with Crippen LogP contribution in [0.1, 0.15) is 34.2 Å². The van der Waals surface area contributed by atoms with E-state index in [2.05, 4.69) is 15.8 Å². The number of hydrogen-bond acceptors (Lipinski definition) is 4. The first-order chi connectivity index (χ1) is 12.3. The number of aryl methyl sites for hydroxylation is 4. The summed E-state index contributed by atoms with van der Waals surface area (Å²) in [5.41, 5.74) is 7.27. The third kappa shape index (κ3) is 5.17. The van der Waals surface area contributed by atoms with Crippen LogP contribution in [0.5, 0.6) is 5.75 Å². The van der Waals surface area contributed by atoms with Gasteiger partial charge in [0.1, 0.15) is 12.2 Å². The number of hydrogen-bond donors (Lipinski definition) is 3. The Morgan fingerprint density at radius 2 is 1.65 bits per heavy atom. The van der Waals surface area contributed by atoms with E-state index >= 15 is 0 Å². The summed E-state index contributed by atoms with van der Waals surface area (Å²) in [4.78, 5) is 23.8. The Hall–Kier alpha value is -3.15. The molecular formula is C20H23N3O3. The van der Waals surface area contributed by atoms with Crippen LogP contribution in [-0.4, -0.2) is 23.1 Å². The van der Waals surface area contributed by atoms with Gasteiger partial charge in [-0.15, -0.1) is 0 Å². The third-order valence-electron chi connectivity index (χ3n) is 3.89. The number of amides is 2. The maximum Gasteiger partial charge on any atom is 0.249 e. The van der Waals surface area contributed by atoms with Crippen LogP contribution < -0.4 is 10.7 Å². The van der Waals surface area contributed by atoms with Gasteiger partial charge in [0.15, 0.2) is 0 Å². The van der Waals surface area contributed by atoms with E-state index in [0.29, 0.717) is 5.69 Å². The molecule has 0 aliphatic carbocycles. The molecular weight excluding hydrogens is 330 g/mol. The smallest absolute Gasteiger partial charge is 0.249 e. The van der Waals surface area contributed by atoms with Crippen LogP contribution in [-0.2, 0) is 9.59 Å². The molecule has 0 radical (unpaired) electrons. The number of nitrogens with zero attached hydrogens (tertiary/aromatic N) is 1. The molecule has 0 saturated carbocycles. The quantitative estimate of drug-likeness (QED) is 0.438. The minimum absolute atomic E-state index is 0.245. The highest BCUT2D eigenvalue weighted by atomic mass is 16.3. The molecule has 0 unspecified atom stereocenters. The van der Waals surface area contributed by atoms with Gasteiger partial charge < -0.3 is 10.4 Å². The van der Waals surface area contributed by atoms with Crippen molar-refractivity contribution in [2.75, 3.05) is 5.32 Å². The molecule has 0 aromatic heterocycles. The highest BCUT2D eigenvalue weighted by molar-refractivity contribution is 6.04. The minimum atomic E-state index is -0.504. The lowest BCUT2D eigenvalue weighted by Gasteiger charge is -2.08. The fourth-order valence-corrected chi connectivity index (χ4v) is 2.58. The fraction of sp³-hybridized carbons (Fsp3) is 0.250. The Balaban J connectivity index is 1.89. The maximum absolute atomic E-state index is 12.0.